The molecule has 1 amide bonds. The summed E-state index contributed by atoms with van der Waals surface area (Å²) >= 11 is 0. The Hall–Kier alpha value is -3.28. The Balaban J connectivity index is 1.90. The summed E-state index contributed by atoms with van der Waals surface area (Å²) in [7, 11) is 1.46. The van der Waals surface area contributed by atoms with Crippen molar-refractivity contribution in [3.8, 4) is 17.2 Å². The van der Waals surface area contributed by atoms with Gasteiger partial charge in [-0.25, -0.2) is 5.43 Å². The molecule has 0 saturated carbocycles. The molecule has 0 spiro atoms. The van der Waals surface area contributed by atoms with Crippen molar-refractivity contribution < 1.29 is 19.4 Å². The number of hydrogen-bond acceptors (Lipinski definition) is 5. The van der Waals surface area contributed by atoms with Crippen molar-refractivity contribution >= 4 is 12.1 Å². The molecule has 6 heteroatoms. The molecule has 0 aliphatic rings. The third kappa shape index (κ3) is 5.10. The fraction of sp³-hybridized carbons (Fsp3) is 0.158. The number of phenols is 1. The fourth-order valence-corrected chi connectivity index (χ4v) is 2.13. The maximum Gasteiger partial charge on any atom is 0.277 e. The number of nitrogens with one attached hydrogen (secondary N) is 1. The van der Waals surface area contributed by atoms with Gasteiger partial charge in [0.2, 0.25) is 0 Å². The summed E-state index contributed by atoms with van der Waals surface area (Å²) in [6, 6.07) is 12.4. The van der Waals surface area contributed by atoms with Crippen LogP contribution in [0, 0.1) is 0 Å². The second-order valence-electron chi connectivity index (χ2n) is 5.08. The van der Waals surface area contributed by atoms with Gasteiger partial charge in [-0.2, -0.15) is 5.10 Å². The number of hydrazone groups is 1. The highest BCUT2D eigenvalue weighted by atomic mass is 16.5. The van der Waals surface area contributed by atoms with Crippen molar-refractivity contribution in [2.24, 2.45) is 5.10 Å². The summed E-state index contributed by atoms with van der Waals surface area (Å²) in [5.74, 6) is 0.508. The molecule has 0 heterocycles. The first kappa shape index (κ1) is 18.1. The Morgan fingerprint density at radius 3 is 2.76 bits per heavy atom. The molecule has 2 N–H and O–H groups in total. The van der Waals surface area contributed by atoms with Crippen LogP contribution in [0.5, 0.6) is 17.2 Å². The van der Waals surface area contributed by atoms with Crippen molar-refractivity contribution in [1.29, 1.82) is 0 Å². The van der Waals surface area contributed by atoms with E-state index in [-0.39, 0.29) is 12.4 Å². The van der Waals surface area contributed by atoms with Gasteiger partial charge in [-0.05, 0) is 30.2 Å². The van der Waals surface area contributed by atoms with Gasteiger partial charge in [0.1, 0.15) is 5.75 Å². The fourth-order valence-electron chi connectivity index (χ4n) is 2.13. The SMILES string of the molecule is C=CCc1ccccc1OCC(=O)N/N=C/c1cccc(OC)c1O. The zero-order valence-corrected chi connectivity index (χ0v) is 13.9. The molecule has 2 aromatic rings. The molecule has 0 radical (unpaired) electrons. The first-order chi connectivity index (χ1) is 12.2. The van der Waals surface area contributed by atoms with Gasteiger partial charge in [-0.1, -0.05) is 30.3 Å². The molecule has 0 aromatic heterocycles. The van der Waals surface area contributed by atoms with E-state index in [1.54, 1.807) is 30.3 Å². The average molecular weight is 340 g/mol. The number of rotatable bonds is 8. The Kier molecular flexibility index (Phi) is 6.59. The predicted octanol–water partition coefficient (Wildman–Crippen LogP) is 2.66. The van der Waals surface area contributed by atoms with E-state index in [1.165, 1.54) is 13.3 Å². The lowest BCUT2D eigenvalue weighted by atomic mass is 10.1. The number of aromatic hydroxyl groups is 1. The topological polar surface area (TPSA) is 80.2 Å². The van der Waals surface area contributed by atoms with Crippen LogP contribution < -0.4 is 14.9 Å². The lowest BCUT2D eigenvalue weighted by molar-refractivity contribution is -0.123. The van der Waals surface area contributed by atoms with Crippen molar-refractivity contribution in [3.63, 3.8) is 0 Å². The van der Waals surface area contributed by atoms with E-state index >= 15 is 0 Å². The summed E-state index contributed by atoms with van der Waals surface area (Å²) in [4.78, 5) is 11.8. The highest BCUT2D eigenvalue weighted by Crippen LogP contribution is 2.27. The van der Waals surface area contributed by atoms with Crippen LogP contribution in [0.3, 0.4) is 0 Å². The first-order valence-corrected chi connectivity index (χ1v) is 7.65. The number of phenolic OH excluding ortho intramolecular Hbond substituents is 1. The van der Waals surface area contributed by atoms with Crippen LogP contribution in [-0.4, -0.2) is 30.9 Å². The molecule has 0 unspecified atom stereocenters. The third-order valence-electron chi connectivity index (χ3n) is 3.34. The van der Waals surface area contributed by atoms with Crippen LogP contribution in [0.2, 0.25) is 0 Å². The predicted molar refractivity (Wildman–Crippen MR) is 96.2 cm³/mol. The lowest BCUT2D eigenvalue weighted by Gasteiger charge is -2.09. The normalized spacial score (nSPS) is 10.4. The van der Waals surface area contributed by atoms with Crippen LogP contribution >= 0.6 is 0 Å². The number of methoxy groups -OCH3 is 1. The van der Waals surface area contributed by atoms with Gasteiger partial charge < -0.3 is 14.6 Å². The minimum absolute atomic E-state index is 0.0439. The number of hydrogen-bond donors (Lipinski definition) is 2. The molecule has 25 heavy (non-hydrogen) atoms. The van der Waals surface area contributed by atoms with Gasteiger partial charge in [0.15, 0.2) is 18.1 Å². The van der Waals surface area contributed by atoms with Crippen LogP contribution in [0.15, 0.2) is 60.2 Å². The van der Waals surface area contributed by atoms with E-state index in [0.717, 1.165) is 5.56 Å². The molecule has 0 fully saturated rings. The summed E-state index contributed by atoms with van der Waals surface area (Å²) in [5, 5.41) is 13.7. The van der Waals surface area contributed by atoms with Crippen molar-refractivity contribution in [2.75, 3.05) is 13.7 Å². The largest absolute Gasteiger partial charge is 0.504 e. The van der Waals surface area contributed by atoms with Crippen molar-refractivity contribution in [3.05, 3.63) is 66.2 Å². The highest BCUT2D eigenvalue weighted by molar-refractivity contribution is 5.86. The number of carbonyl (C=O) groups excluding carboxylic acids is 1. The second kappa shape index (κ2) is 9.12. The third-order valence-corrected chi connectivity index (χ3v) is 3.34. The van der Waals surface area contributed by atoms with Crippen LogP contribution in [-0.2, 0) is 11.2 Å². The van der Waals surface area contributed by atoms with E-state index < -0.39 is 5.91 Å². The molecule has 6 nitrogen and oxygen atoms in total. The molecule has 0 atom stereocenters. The van der Waals surface area contributed by atoms with E-state index in [0.29, 0.717) is 23.5 Å². The smallest absolute Gasteiger partial charge is 0.277 e. The summed E-state index contributed by atoms with van der Waals surface area (Å²) in [5.41, 5.74) is 3.73. The van der Waals surface area contributed by atoms with Gasteiger partial charge in [-0.15, -0.1) is 6.58 Å². The molecule has 0 bridgehead atoms. The number of amides is 1. The van der Waals surface area contributed by atoms with E-state index in [4.69, 9.17) is 9.47 Å². The van der Waals surface area contributed by atoms with Gasteiger partial charge in [0.25, 0.3) is 5.91 Å². The standard InChI is InChI=1S/C19H20N2O4/c1-3-7-14-8-4-5-10-16(14)25-13-18(22)21-20-12-15-9-6-11-17(24-2)19(15)23/h3-6,8-12,23H,1,7,13H2,2H3,(H,21,22)/b20-12+. The summed E-state index contributed by atoms with van der Waals surface area (Å²) < 4.78 is 10.5. The number of ether oxygens (including phenoxy) is 2. The van der Waals surface area contributed by atoms with Crippen molar-refractivity contribution in [1.82, 2.24) is 5.43 Å². The Morgan fingerprint density at radius 1 is 1.24 bits per heavy atom. The molecule has 0 aliphatic heterocycles. The zero-order chi connectivity index (χ0) is 18.1. The Bertz CT molecular complexity index is 772. The van der Waals surface area contributed by atoms with Gasteiger partial charge in [-0.3, -0.25) is 4.79 Å². The zero-order valence-electron chi connectivity index (χ0n) is 13.9. The monoisotopic (exact) mass is 340 g/mol. The number of benzene rings is 2. The average Bonchev–Trinajstić information content (AvgIpc) is 2.62. The second-order valence-corrected chi connectivity index (χ2v) is 5.08. The minimum Gasteiger partial charge on any atom is -0.504 e. The molecule has 130 valence electrons. The van der Waals surface area contributed by atoms with Crippen LogP contribution in [0.1, 0.15) is 11.1 Å². The lowest BCUT2D eigenvalue weighted by Crippen LogP contribution is -2.24. The number of carbonyl (C=O) groups is 1. The summed E-state index contributed by atoms with van der Waals surface area (Å²) in [6.07, 6.45) is 3.76. The number of para-hydroxylation sites is 2. The molecule has 2 rings (SSSR count). The molecule has 0 aliphatic carbocycles. The maximum atomic E-state index is 11.8. The molecular weight excluding hydrogens is 320 g/mol. The quantitative estimate of drug-likeness (QED) is 0.440. The number of nitrogens with zero attached hydrogens (tertiary/aromatic N) is 1. The Labute approximate surface area is 146 Å². The minimum atomic E-state index is -0.410. The first-order valence-electron chi connectivity index (χ1n) is 7.65. The molecular formula is C19H20N2O4. The Morgan fingerprint density at radius 2 is 2.00 bits per heavy atom. The van der Waals surface area contributed by atoms with Gasteiger partial charge in [0.05, 0.1) is 13.3 Å². The maximum absolute atomic E-state index is 11.8. The highest BCUT2D eigenvalue weighted by Gasteiger charge is 2.07. The molecule has 2 aromatic carbocycles. The van der Waals surface area contributed by atoms with Crippen molar-refractivity contribution in [2.45, 2.75) is 6.42 Å². The van der Waals surface area contributed by atoms with Gasteiger partial charge >= 0.3 is 0 Å². The van der Waals surface area contributed by atoms with E-state index in [2.05, 4.69) is 17.1 Å². The van der Waals surface area contributed by atoms with Gasteiger partial charge in [0, 0.05) is 5.56 Å². The molecule has 0 saturated heterocycles. The van der Waals surface area contributed by atoms with E-state index in [1.807, 2.05) is 18.2 Å². The van der Waals surface area contributed by atoms with E-state index in [9.17, 15) is 9.90 Å². The summed E-state index contributed by atoms with van der Waals surface area (Å²) in [6.45, 7) is 3.53. The van der Waals surface area contributed by atoms with Crippen LogP contribution in [0.4, 0.5) is 0 Å². The van der Waals surface area contributed by atoms with Crippen LogP contribution in [0.25, 0.3) is 0 Å². The number of allylic oxidation sites excluding steroid dienone is 1.